The van der Waals surface area contributed by atoms with E-state index in [0.29, 0.717) is 5.56 Å². The smallest absolute Gasteiger partial charge is 0.406 e. The van der Waals surface area contributed by atoms with Gasteiger partial charge in [-0.25, -0.2) is 10.4 Å². The van der Waals surface area contributed by atoms with Gasteiger partial charge in [-0.05, 0) is 24.6 Å². The Bertz CT molecular complexity index is 657. The van der Waals surface area contributed by atoms with Gasteiger partial charge in [-0.2, -0.15) is 0 Å². The number of aliphatic hydroxyl groups is 2. The van der Waals surface area contributed by atoms with Gasteiger partial charge < -0.3 is 20.3 Å². The Balaban J connectivity index is 1.78. The Morgan fingerprint density at radius 2 is 1.96 bits per heavy atom. The fourth-order valence-electron chi connectivity index (χ4n) is 3.31. The van der Waals surface area contributed by atoms with Crippen LogP contribution in [0.3, 0.4) is 0 Å². The average molecular weight is 376 g/mol. The van der Waals surface area contributed by atoms with Crippen LogP contribution in [0.2, 0.25) is 0 Å². The molecule has 144 valence electrons. The standard InChI is InChI=1S/C15H19F3N4O4/c1-7(8-2-4-9(5-3-8)26-15(16,17)18)22-12-11(10(6-23)21-22)13(24)20-14(25)19-12/h2-5,7,10-12,14,19,21,23,25H,6H2,1H3,(H,20,24). The van der Waals surface area contributed by atoms with Crippen LogP contribution in [0.15, 0.2) is 24.3 Å². The molecule has 2 aliphatic rings. The van der Waals surface area contributed by atoms with Crippen molar-refractivity contribution in [2.75, 3.05) is 6.61 Å². The molecule has 2 aliphatic heterocycles. The van der Waals surface area contributed by atoms with Crippen LogP contribution in [0.1, 0.15) is 18.5 Å². The van der Waals surface area contributed by atoms with Crippen molar-refractivity contribution in [3.63, 3.8) is 0 Å². The first-order valence-electron chi connectivity index (χ1n) is 7.95. The number of benzene rings is 1. The normalized spacial score (nSPS) is 30.6. The van der Waals surface area contributed by atoms with Crippen molar-refractivity contribution in [2.24, 2.45) is 5.92 Å². The molecule has 2 heterocycles. The van der Waals surface area contributed by atoms with E-state index >= 15 is 0 Å². The SMILES string of the molecule is CC(c1ccc(OC(F)(F)F)cc1)N1NC(CO)C2C(=O)NC(O)NC21. The first-order chi connectivity index (χ1) is 12.2. The maximum atomic E-state index is 12.3. The van der Waals surface area contributed by atoms with E-state index in [4.69, 9.17) is 0 Å². The largest absolute Gasteiger partial charge is 0.573 e. The van der Waals surface area contributed by atoms with E-state index in [2.05, 4.69) is 20.8 Å². The zero-order chi connectivity index (χ0) is 19.1. The Morgan fingerprint density at radius 1 is 1.31 bits per heavy atom. The lowest BCUT2D eigenvalue weighted by Gasteiger charge is -2.37. The number of amides is 1. The van der Waals surface area contributed by atoms with Gasteiger partial charge in [0.2, 0.25) is 5.91 Å². The highest BCUT2D eigenvalue weighted by Gasteiger charge is 2.50. The Labute approximate surface area is 146 Å². The monoisotopic (exact) mass is 376 g/mol. The van der Waals surface area contributed by atoms with Gasteiger partial charge in [0.05, 0.1) is 24.7 Å². The minimum atomic E-state index is -4.76. The van der Waals surface area contributed by atoms with Gasteiger partial charge in [0.25, 0.3) is 0 Å². The van der Waals surface area contributed by atoms with Crippen molar-refractivity contribution in [3.8, 4) is 5.75 Å². The fraction of sp³-hybridized carbons (Fsp3) is 0.533. The zero-order valence-electron chi connectivity index (χ0n) is 13.7. The number of aliphatic hydroxyl groups excluding tert-OH is 2. The maximum absolute atomic E-state index is 12.3. The molecule has 0 radical (unpaired) electrons. The number of nitrogens with zero attached hydrogens (tertiary/aromatic N) is 1. The van der Waals surface area contributed by atoms with Gasteiger partial charge in [-0.15, -0.1) is 13.2 Å². The third-order valence-electron chi connectivity index (χ3n) is 4.51. The molecule has 2 fully saturated rings. The van der Waals surface area contributed by atoms with E-state index in [1.807, 2.05) is 0 Å². The van der Waals surface area contributed by atoms with E-state index in [-0.39, 0.29) is 18.4 Å². The summed E-state index contributed by atoms with van der Waals surface area (Å²) in [5, 5.41) is 26.1. The Hall–Kier alpha value is -1.92. The highest BCUT2D eigenvalue weighted by atomic mass is 19.4. The van der Waals surface area contributed by atoms with Crippen LogP contribution in [-0.2, 0) is 4.79 Å². The summed E-state index contributed by atoms with van der Waals surface area (Å²) in [6.45, 7) is 1.48. The molecule has 1 aromatic rings. The van der Waals surface area contributed by atoms with Crippen molar-refractivity contribution >= 4 is 5.91 Å². The van der Waals surface area contributed by atoms with Crippen LogP contribution in [0, 0.1) is 5.92 Å². The molecule has 0 bridgehead atoms. The molecule has 0 aromatic heterocycles. The molecule has 0 spiro atoms. The first kappa shape index (κ1) is 18.9. The molecule has 3 rings (SSSR count). The molecular formula is C15H19F3N4O4. The number of carbonyl (C=O) groups is 1. The number of hydrogen-bond acceptors (Lipinski definition) is 7. The average Bonchev–Trinajstić information content (AvgIpc) is 2.92. The number of fused-ring (bicyclic) bond motifs is 1. The maximum Gasteiger partial charge on any atom is 0.573 e. The van der Waals surface area contributed by atoms with Crippen LogP contribution in [0.5, 0.6) is 5.75 Å². The number of alkyl halides is 3. The second-order valence-corrected chi connectivity index (χ2v) is 6.17. The molecule has 0 saturated carbocycles. The number of hydrogen-bond donors (Lipinski definition) is 5. The van der Waals surface area contributed by atoms with E-state index < -0.39 is 36.7 Å². The van der Waals surface area contributed by atoms with Gasteiger partial charge in [0.1, 0.15) is 5.75 Å². The molecule has 11 heteroatoms. The lowest BCUT2D eigenvalue weighted by Crippen LogP contribution is -2.64. The van der Waals surface area contributed by atoms with E-state index in [9.17, 15) is 28.2 Å². The third-order valence-corrected chi connectivity index (χ3v) is 4.51. The number of ether oxygens (including phenoxy) is 1. The van der Waals surface area contributed by atoms with E-state index in [1.54, 1.807) is 11.9 Å². The summed E-state index contributed by atoms with van der Waals surface area (Å²) in [6, 6.07) is 4.43. The molecule has 5 N–H and O–H groups in total. The summed E-state index contributed by atoms with van der Waals surface area (Å²) >= 11 is 0. The zero-order valence-corrected chi connectivity index (χ0v) is 13.7. The van der Waals surface area contributed by atoms with E-state index in [1.165, 1.54) is 24.3 Å². The van der Waals surface area contributed by atoms with Crippen molar-refractivity contribution in [1.29, 1.82) is 0 Å². The van der Waals surface area contributed by atoms with E-state index in [0.717, 1.165) is 0 Å². The molecule has 5 unspecified atom stereocenters. The summed E-state index contributed by atoms with van der Waals surface area (Å²) < 4.78 is 40.6. The molecule has 2 saturated heterocycles. The van der Waals surface area contributed by atoms with Gasteiger partial charge in [-0.3, -0.25) is 10.1 Å². The van der Waals surface area contributed by atoms with Crippen LogP contribution in [0.25, 0.3) is 0 Å². The number of carbonyl (C=O) groups excluding carboxylic acids is 1. The quantitative estimate of drug-likeness (QED) is 0.494. The minimum absolute atomic E-state index is 0.298. The van der Waals surface area contributed by atoms with Gasteiger partial charge in [0.15, 0.2) is 6.35 Å². The first-order valence-corrected chi connectivity index (χ1v) is 7.95. The summed E-state index contributed by atoms with van der Waals surface area (Å²) in [7, 11) is 0. The van der Waals surface area contributed by atoms with Crippen LogP contribution in [-0.4, -0.2) is 52.7 Å². The van der Waals surface area contributed by atoms with Gasteiger partial charge >= 0.3 is 6.36 Å². The van der Waals surface area contributed by atoms with Gasteiger partial charge in [0, 0.05) is 6.04 Å². The molecule has 0 aliphatic carbocycles. The van der Waals surface area contributed by atoms with Crippen LogP contribution in [0.4, 0.5) is 13.2 Å². The predicted octanol–water partition coefficient (Wildman–Crippen LogP) is -0.235. The molecular weight excluding hydrogens is 357 g/mol. The van der Waals surface area contributed by atoms with Crippen molar-refractivity contribution < 1.29 is 32.9 Å². The third kappa shape index (κ3) is 3.76. The van der Waals surface area contributed by atoms with Crippen LogP contribution < -0.4 is 20.8 Å². The fourth-order valence-corrected chi connectivity index (χ4v) is 3.31. The highest BCUT2D eigenvalue weighted by Crippen LogP contribution is 2.32. The molecule has 1 amide bonds. The highest BCUT2D eigenvalue weighted by molar-refractivity contribution is 5.81. The van der Waals surface area contributed by atoms with Crippen LogP contribution >= 0.6 is 0 Å². The predicted molar refractivity (Wildman–Crippen MR) is 82.0 cm³/mol. The molecule has 8 nitrogen and oxygen atoms in total. The van der Waals surface area contributed by atoms with Gasteiger partial charge in [-0.1, -0.05) is 12.1 Å². The minimum Gasteiger partial charge on any atom is -0.406 e. The van der Waals surface area contributed by atoms with Crippen molar-refractivity contribution in [3.05, 3.63) is 29.8 Å². The molecule has 5 atom stereocenters. The Morgan fingerprint density at radius 3 is 2.54 bits per heavy atom. The summed E-state index contributed by atoms with van der Waals surface area (Å²) in [5.41, 5.74) is 3.68. The number of hydrazine groups is 1. The Kier molecular flexibility index (Phi) is 5.08. The topological polar surface area (TPSA) is 106 Å². The summed E-state index contributed by atoms with van der Waals surface area (Å²) in [5.74, 6) is -1.38. The number of nitrogens with one attached hydrogen (secondary N) is 3. The van der Waals surface area contributed by atoms with Crippen molar-refractivity contribution in [1.82, 2.24) is 21.1 Å². The second kappa shape index (κ2) is 7.00. The van der Waals surface area contributed by atoms with Crippen molar-refractivity contribution in [2.45, 2.75) is 37.9 Å². The molecule has 1 aromatic carbocycles. The number of halogens is 3. The summed E-state index contributed by atoms with van der Waals surface area (Å²) in [6.07, 6.45) is -6.60. The lowest BCUT2D eigenvalue weighted by molar-refractivity contribution is -0.274. The molecule has 26 heavy (non-hydrogen) atoms. The second-order valence-electron chi connectivity index (χ2n) is 6.17. The lowest BCUT2D eigenvalue weighted by atomic mass is 9.96. The summed E-state index contributed by atoms with van der Waals surface area (Å²) in [4.78, 5) is 12.1. The number of rotatable bonds is 4.